The molecule has 8 nitrogen and oxygen atoms in total. The van der Waals surface area contributed by atoms with Crippen molar-refractivity contribution in [1.29, 1.82) is 0 Å². The maximum atomic E-state index is 12.6. The Labute approximate surface area is 275 Å². The van der Waals surface area contributed by atoms with Crippen molar-refractivity contribution in [1.82, 2.24) is 5.32 Å². The molecule has 262 valence electrons. The minimum absolute atomic E-state index is 0.0697. The number of carbonyl (C=O) groups is 1. The van der Waals surface area contributed by atoms with Gasteiger partial charge in [-0.25, -0.2) is 4.57 Å². The number of aliphatic hydroxyl groups excluding tert-OH is 1. The van der Waals surface area contributed by atoms with Crippen molar-refractivity contribution in [3.8, 4) is 0 Å². The molecule has 0 aromatic carbocycles. The van der Waals surface area contributed by atoms with E-state index in [0.29, 0.717) is 6.42 Å². The van der Waals surface area contributed by atoms with Gasteiger partial charge in [-0.2, -0.15) is 0 Å². The quantitative estimate of drug-likeness (QED) is 0.0323. The lowest BCUT2D eigenvalue weighted by Gasteiger charge is -2.23. The van der Waals surface area contributed by atoms with E-state index in [4.69, 9.17) is 14.8 Å². The van der Waals surface area contributed by atoms with E-state index in [2.05, 4.69) is 55.6 Å². The maximum Gasteiger partial charge on any atom is 0.472 e. The fourth-order valence-corrected chi connectivity index (χ4v) is 5.40. The van der Waals surface area contributed by atoms with Gasteiger partial charge in [-0.05, 0) is 64.2 Å². The van der Waals surface area contributed by atoms with Crippen LogP contribution in [0, 0.1) is 0 Å². The van der Waals surface area contributed by atoms with Crippen LogP contribution in [0.2, 0.25) is 0 Å². The fourth-order valence-electron chi connectivity index (χ4n) is 4.65. The summed E-state index contributed by atoms with van der Waals surface area (Å²) in [6.45, 7) is 4.01. The first-order valence-electron chi connectivity index (χ1n) is 17.8. The molecule has 3 atom stereocenters. The summed E-state index contributed by atoms with van der Waals surface area (Å²) in [5, 5.41) is 13.5. The van der Waals surface area contributed by atoms with Crippen molar-refractivity contribution >= 4 is 13.7 Å². The summed E-state index contributed by atoms with van der Waals surface area (Å²) in [5.41, 5.74) is 5.34. The molecule has 45 heavy (non-hydrogen) atoms. The molecule has 0 rings (SSSR count). The second kappa shape index (κ2) is 32.4. The highest BCUT2D eigenvalue weighted by Crippen LogP contribution is 2.43. The van der Waals surface area contributed by atoms with Crippen molar-refractivity contribution in [3.63, 3.8) is 0 Å². The van der Waals surface area contributed by atoms with Crippen LogP contribution in [0.1, 0.15) is 142 Å². The van der Waals surface area contributed by atoms with Crippen LogP contribution in [0.3, 0.4) is 0 Å². The number of hydrogen-bond donors (Lipinski definition) is 4. The molecule has 3 unspecified atom stereocenters. The molecular formula is C36H67N2O6P. The predicted octanol–water partition coefficient (Wildman–Crippen LogP) is 8.99. The van der Waals surface area contributed by atoms with E-state index in [-0.39, 0.29) is 25.7 Å². The molecule has 5 N–H and O–H groups in total. The predicted molar refractivity (Wildman–Crippen MR) is 189 cm³/mol. The maximum absolute atomic E-state index is 12.6. The summed E-state index contributed by atoms with van der Waals surface area (Å²) in [7, 11) is -4.34. The normalized spacial score (nSPS) is 15.0. The highest BCUT2D eigenvalue weighted by molar-refractivity contribution is 7.47. The largest absolute Gasteiger partial charge is 0.472 e. The van der Waals surface area contributed by atoms with Crippen LogP contribution < -0.4 is 11.1 Å². The van der Waals surface area contributed by atoms with Crippen LogP contribution in [0.4, 0.5) is 0 Å². The molecule has 0 fully saturated rings. The molecule has 0 bridgehead atoms. The number of allylic oxidation sites excluding steroid dienone is 7. The Balaban J connectivity index is 4.40. The average molecular weight is 655 g/mol. The number of carbonyl (C=O) groups excluding carboxylic acids is 1. The van der Waals surface area contributed by atoms with E-state index in [0.717, 1.165) is 64.2 Å². The van der Waals surface area contributed by atoms with Crippen LogP contribution in [0.25, 0.3) is 0 Å². The number of aliphatic hydroxyl groups is 1. The summed E-state index contributed by atoms with van der Waals surface area (Å²) in [4.78, 5) is 22.5. The molecule has 0 aromatic rings. The minimum atomic E-state index is -4.34. The van der Waals surface area contributed by atoms with Crippen LogP contribution in [0.5, 0.6) is 0 Å². The van der Waals surface area contributed by atoms with Crippen molar-refractivity contribution in [2.24, 2.45) is 5.73 Å². The topological polar surface area (TPSA) is 131 Å². The van der Waals surface area contributed by atoms with Crippen LogP contribution >= 0.6 is 7.82 Å². The Hall–Kier alpha value is -1.54. The second-order valence-corrected chi connectivity index (χ2v) is 13.2. The van der Waals surface area contributed by atoms with Gasteiger partial charge >= 0.3 is 7.82 Å². The Morgan fingerprint density at radius 2 is 1.24 bits per heavy atom. The third kappa shape index (κ3) is 30.9. The van der Waals surface area contributed by atoms with Gasteiger partial charge in [-0.15, -0.1) is 0 Å². The standard InChI is InChI=1S/C36H67N2O6P/c1-3-5-7-9-11-13-15-16-17-18-19-20-22-24-26-28-30-36(40)38-34(33-44-45(41,42)43-32-31-37)35(39)29-27-25-23-21-14-12-10-8-6-4-2/h13-15,17-18,21,27,29,34-35,39H,3-12,16,19-20,22-26,28,30-33,37H2,1-2H3,(H,38,40)(H,41,42)/b15-13-,18-17-,21-14+,29-27+. The second-order valence-electron chi connectivity index (χ2n) is 11.7. The number of nitrogens with one attached hydrogen (secondary N) is 1. The number of phosphoric ester groups is 1. The first-order chi connectivity index (χ1) is 21.9. The lowest BCUT2D eigenvalue weighted by atomic mass is 10.1. The lowest BCUT2D eigenvalue weighted by Crippen LogP contribution is -2.45. The Morgan fingerprint density at radius 1 is 0.733 bits per heavy atom. The summed E-state index contributed by atoms with van der Waals surface area (Å²) in [5.74, 6) is -0.223. The zero-order valence-electron chi connectivity index (χ0n) is 28.6. The third-order valence-corrected chi connectivity index (χ3v) is 8.36. The van der Waals surface area contributed by atoms with Crippen molar-refractivity contribution < 1.29 is 28.4 Å². The van der Waals surface area contributed by atoms with E-state index < -0.39 is 20.0 Å². The van der Waals surface area contributed by atoms with E-state index in [1.54, 1.807) is 6.08 Å². The highest BCUT2D eigenvalue weighted by Gasteiger charge is 2.26. The van der Waals surface area contributed by atoms with Gasteiger partial charge in [0.1, 0.15) is 0 Å². The van der Waals surface area contributed by atoms with Gasteiger partial charge in [0.05, 0.1) is 25.4 Å². The van der Waals surface area contributed by atoms with Gasteiger partial charge in [-0.1, -0.05) is 120 Å². The molecule has 0 aliphatic carbocycles. The smallest absolute Gasteiger partial charge is 0.387 e. The highest BCUT2D eigenvalue weighted by atomic mass is 31.2. The van der Waals surface area contributed by atoms with E-state index in [1.807, 2.05) is 6.08 Å². The van der Waals surface area contributed by atoms with Gasteiger partial charge in [0, 0.05) is 13.0 Å². The van der Waals surface area contributed by atoms with E-state index >= 15 is 0 Å². The molecule has 0 saturated heterocycles. The number of amides is 1. The molecule has 0 aromatic heterocycles. The van der Waals surface area contributed by atoms with Crippen molar-refractivity contribution in [2.75, 3.05) is 19.8 Å². The zero-order chi connectivity index (χ0) is 33.3. The molecule has 0 spiro atoms. The van der Waals surface area contributed by atoms with Crippen LogP contribution in [-0.4, -0.2) is 47.8 Å². The van der Waals surface area contributed by atoms with Gasteiger partial charge in [0.2, 0.25) is 5.91 Å². The molecular weight excluding hydrogens is 587 g/mol. The number of phosphoric acid groups is 1. The zero-order valence-corrected chi connectivity index (χ0v) is 29.5. The Bertz CT molecular complexity index is 845. The lowest BCUT2D eigenvalue weighted by molar-refractivity contribution is -0.123. The van der Waals surface area contributed by atoms with Crippen LogP contribution in [0.15, 0.2) is 48.6 Å². The van der Waals surface area contributed by atoms with Crippen LogP contribution in [-0.2, 0) is 18.4 Å². The summed E-state index contributed by atoms with van der Waals surface area (Å²) >= 11 is 0. The Morgan fingerprint density at radius 3 is 1.84 bits per heavy atom. The minimum Gasteiger partial charge on any atom is -0.387 e. The van der Waals surface area contributed by atoms with Crippen molar-refractivity contribution in [3.05, 3.63) is 48.6 Å². The SMILES string of the molecule is CCCCCC/C=C\C/C=C\CCCCCCCC(=O)NC(COP(=O)(O)OCCN)C(O)/C=C/CC/C=C/CCCCCC. The van der Waals surface area contributed by atoms with Gasteiger partial charge in [-0.3, -0.25) is 13.8 Å². The molecule has 0 heterocycles. The fraction of sp³-hybridized carbons (Fsp3) is 0.750. The van der Waals surface area contributed by atoms with Gasteiger partial charge in [0.15, 0.2) is 0 Å². The number of nitrogens with two attached hydrogens (primary N) is 1. The first kappa shape index (κ1) is 43.5. The first-order valence-corrected chi connectivity index (χ1v) is 19.3. The number of hydrogen-bond acceptors (Lipinski definition) is 6. The number of unbranched alkanes of at least 4 members (excludes halogenated alkanes) is 14. The monoisotopic (exact) mass is 654 g/mol. The van der Waals surface area contributed by atoms with Gasteiger partial charge in [0.25, 0.3) is 0 Å². The molecule has 0 saturated carbocycles. The average Bonchev–Trinajstić information content (AvgIpc) is 3.02. The summed E-state index contributed by atoms with van der Waals surface area (Å²) < 4.78 is 21.9. The van der Waals surface area contributed by atoms with Gasteiger partial charge < -0.3 is 21.1 Å². The number of rotatable bonds is 32. The van der Waals surface area contributed by atoms with Crippen molar-refractivity contribution in [2.45, 2.75) is 154 Å². The summed E-state index contributed by atoms with van der Waals surface area (Å²) in [6, 6.07) is -0.882. The molecule has 0 radical (unpaired) electrons. The van der Waals surface area contributed by atoms with E-state index in [1.165, 1.54) is 57.8 Å². The van der Waals surface area contributed by atoms with E-state index in [9.17, 15) is 19.4 Å². The molecule has 9 heteroatoms. The summed E-state index contributed by atoms with van der Waals surface area (Å²) in [6.07, 6.45) is 37.3. The molecule has 1 amide bonds. The third-order valence-electron chi connectivity index (χ3n) is 7.38. The molecule has 0 aliphatic rings. The molecule has 0 aliphatic heterocycles. The Kier molecular flexibility index (Phi) is 31.3.